The SMILES string of the molecule is C=CCN(C(=O)[C@H]1N(CCCCO)C(=O)[C@@H]2[C@@H](C(=O)O)[C@@H]3O[C@@]21CC3Br)C(C)(C)CC(C)(C)C. The predicted molar refractivity (Wildman–Crippen MR) is 131 cm³/mol. The van der Waals surface area contributed by atoms with Crippen LogP contribution in [0.25, 0.3) is 0 Å². The Hall–Kier alpha value is -1.45. The quantitative estimate of drug-likeness (QED) is 0.249. The molecule has 0 radical (unpaired) electrons. The highest BCUT2D eigenvalue weighted by Crippen LogP contribution is 2.60. The van der Waals surface area contributed by atoms with Crippen LogP contribution in [0.2, 0.25) is 0 Å². The highest BCUT2D eigenvalue weighted by molar-refractivity contribution is 9.09. The van der Waals surface area contributed by atoms with Crippen molar-refractivity contribution in [1.29, 1.82) is 0 Å². The van der Waals surface area contributed by atoms with Crippen molar-refractivity contribution in [2.45, 2.75) is 88.4 Å². The Morgan fingerprint density at radius 3 is 2.47 bits per heavy atom. The summed E-state index contributed by atoms with van der Waals surface area (Å²) in [6.45, 7) is 14.8. The molecule has 8 nitrogen and oxygen atoms in total. The van der Waals surface area contributed by atoms with Crippen LogP contribution in [0.4, 0.5) is 0 Å². The molecular formula is C25H39BrN2O6. The molecule has 0 aliphatic carbocycles. The third-order valence-electron chi connectivity index (χ3n) is 7.39. The first-order valence-electron chi connectivity index (χ1n) is 12.1. The molecule has 0 saturated carbocycles. The molecule has 2 amide bonds. The molecule has 9 heteroatoms. The van der Waals surface area contributed by atoms with Crippen molar-refractivity contribution in [2.75, 3.05) is 19.7 Å². The van der Waals surface area contributed by atoms with E-state index in [0.717, 1.165) is 6.42 Å². The minimum absolute atomic E-state index is 0.0176. The fraction of sp³-hybridized carbons (Fsp3) is 0.800. The Bertz CT molecular complexity index is 840. The van der Waals surface area contributed by atoms with Crippen molar-refractivity contribution in [2.24, 2.45) is 17.3 Å². The van der Waals surface area contributed by atoms with Gasteiger partial charge in [-0.3, -0.25) is 14.4 Å². The molecule has 3 heterocycles. The number of alkyl halides is 1. The van der Waals surface area contributed by atoms with Crippen molar-refractivity contribution in [1.82, 2.24) is 9.80 Å². The minimum atomic E-state index is -1.19. The molecule has 2 N–H and O–H groups in total. The summed E-state index contributed by atoms with van der Waals surface area (Å²) in [5.41, 5.74) is -1.77. The number of hydrogen-bond donors (Lipinski definition) is 2. The number of hydrogen-bond acceptors (Lipinski definition) is 5. The van der Waals surface area contributed by atoms with Crippen LogP contribution in [0.1, 0.15) is 60.3 Å². The normalized spacial score (nSPS) is 32.7. The summed E-state index contributed by atoms with van der Waals surface area (Å²) < 4.78 is 6.34. The van der Waals surface area contributed by atoms with Crippen LogP contribution in [-0.4, -0.2) is 85.6 Å². The van der Waals surface area contributed by atoms with Crippen molar-refractivity contribution >= 4 is 33.7 Å². The van der Waals surface area contributed by atoms with Crippen LogP contribution in [0.15, 0.2) is 12.7 Å². The van der Waals surface area contributed by atoms with Crippen LogP contribution in [0.5, 0.6) is 0 Å². The van der Waals surface area contributed by atoms with Gasteiger partial charge in [0.1, 0.15) is 11.6 Å². The lowest BCUT2D eigenvalue weighted by Gasteiger charge is -2.45. The number of rotatable bonds is 10. The summed E-state index contributed by atoms with van der Waals surface area (Å²) in [5.74, 6) is -3.55. The number of aliphatic hydroxyl groups excluding tert-OH is 1. The van der Waals surface area contributed by atoms with E-state index in [4.69, 9.17) is 4.74 Å². The van der Waals surface area contributed by atoms with Gasteiger partial charge in [-0.2, -0.15) is 0 Å². The molecule has 34 heavy (non-hydrogen) atoms. The van der Waals surface area contributed by atoms with Gasteiger partial charge >= 0.3 is 5.97 Å². The number of carboxylic acids is 1. The van der Waals surface area contributed by atoms with Gasteiger partial charge in [0.05, 0.1) is 17.9 Å². The van der Waals surface area contributed by atoms with Gasteiger partial charge in [0.2, 0.25) is 11.8 Å². The van der Waals surface area contributed by atoms with Gasteiger partial charge < -0.3 is 24.7 Å². The number of aliphatic carboxylic acids is 1. The van der Waals surface area contributed by atoms with E-state index in [0.29, 0.717) is 25.8 Å². The molecular weight excluding hydrogens is 504 g/mol. The van der Waals surface area contributed by atoms with Gasteiger partial charge in [-0.05, 0) is 44.9 Å². The number of amides is 2. The Kier molecular flexibility index (Phi) is 7.62. The highest BCUT2D eigenvalue weighted by Gasteiger charge is 2.77. The van der Waals surface area contributed by atoms with E-state index in [2.05, 4.69) is 43.3 Å². The summed E-state index contributed by atoms with van der Waals surface area (Å²) in [6.07, 6.45) is 3.15. The van der Waals surface area contributed by atoms with Crippen LogP contribution in [0.3, 0.4) is 0 Å². The Balaban J connectivity index is 2.07. The maximum absolute atomic E-state index is 14.4. The summed E-state index contributed by atoms with van der Waals surface area (Å²) in [7, 11) is 0. The van der Waals surface area contributed by atoms with E-state index in [1.165, 1.54) is 4.90 Å². The second-order valence-corrected chi connectivity index (χ2v) is 12.9. The van der Waals surface area contributed by atoms with E-state index in [1.807, 2.05) is 13.8 Å². The molecule has 192 valence electrons. The zero-order valence-electron chi connectivity index (χ0n) is 20.9. The predicted octanol–water partition coefficient (Wildman–Crippen LogP) is 2.82. The van der Waals surface area contributed by atoms with Gasteiger partial charge in [0, 0.05) is 30.1 Å². The number of fused-ring (bicyclic) bond motifs is 1. The minimum Gasteiger partial charge on any atom is -0.481 e. The topological polar surface area (TPSA) is 107 Å². The van der Waals surface area contributed by atoms with Gasteiger partial charge in [0.15, 0.2) is 0 Å². The Morgan fingerprint density at radius 1 is 1.29 bits per heavy atom. The van der Waals surface area contributed by atoms with E-state index < -0.39 is 41.1 Å². The summed E-state index contributed by atoms with van der Waals surface area (Å²) in [6, 6.07) is -0.919. The molecule has 3 aliphatic rings. The molecule has 0 aromatic rings. The fourth-order valence-corrected chi connectivity index (χ4v) is 7.57. The summed E-state index contributed by atoms with van der Waals surface area (Å²) in [4.78, 5) is 43.3. The van der Waals surface area contributed by atoms with Gasteiger partial charge in [-0.1, -0.05) is 42.8 Å². The van der Waals surface area contributed by atoms with E-state index >= 15 is 0 Å². The van der Waals surface area contributed by atoms with E-state index in [-0.39, 0.29) is 35.2 Å². The number of ether oxygens (including phenoxy) is 1. The zero-order valence-corrected chi connectivity index (χ0v) is 22.5. The van der Waals surface area contributed by atoms with Crippen LogP contribution < -0.4 is 0 Å². The molecule has 1 spiro atoms. The second-order valence-electron chi connectivity index (χ2n) is 11.8. The lowest BCUT2D eigenvalue weighted by Crippen LogP contribution is -2.61. The Labute approximate surface area is 210 Å². The largest absolute Gasteiger partial charge is 0.481 e. The first-order valence-corrected chi connectivity index (χ1v) is 13.0. The maximum atomic E-state index is 14.4. The molecule has 3 fully saturated rings. The van der Waals surface area contributed by atoms with E-state index in [1.54, 1.807) is 11.0 Å². The van der Waals surface area contributed by atoms with Crippen molar-refractivity contribution < 1.29 is 29.3 Å². The number of carbonyl (C=O) groups excluding carboxylic acids is 2. The maximum Gasteiger partial charge on any atom is 0.310 e. The lowest BCUT2D eigenvalue weighted by molar-refractivity contribution is -0.153. The molecule has 3 saturated heterocycles. The molecule has 3 aliphatic heterocycles. The lowest BCUT2D eigenvalue weighted by atomic mass is 9.70. The number of aliphatic hydroxyl groups is 1. The molecule has 0 aromatic carbocycles. The molecule has 1 unspecified atom stereocenters. The highest BCUT2D eigenvalue weighted by atomic mass is 79.9. The van der Waals surface area contributed by atoms with Gasteiger partial charge in [-0.15, -0.1) is 6.58 Å². The first-order chi connectivity index (χ1) is 15.7. The van der Waals surface area contributed by atoms with E-state index in [9.17, 15) is 24.6 Å². The summed E-state index contributed by atoms with van der Waals surface area (Å²) in [5, 5.41) is 19.2. The van der Waals surface area contributed by atoms with Crippen LogP contribution in [0, 0.1) is 17.3 Å². The van der Waals surface area contributed by atoms with Gasteiger partial charge in [0.25, 0.3) is 0 Å². The average Bonchev–Trinajstić information content (AvgIpc) is 3.28. The smallest absolute Gasteiger partial charge is 0.310 e. The van der Waals surface area contributed by atoms with Crippen LogP contribution >= 0.6 is 15.9 Å². The number of nitrogens with zero attached hydrogens (tertiary/aromatic N) is 2. The van der Waals surface area contributed by atoms with Crippen LogP contribution in [-0.2, 0) is 19.1 Å². The molecule has 0 aromatic heterocycles. The first kappa shape index (κ1) is 27.1. The third kappa shape index (κ3) is 4.55. The van der Waals surface area contributed by atoms with Crippen molar-refractivity contribution in [3.05, 3.63) is 12.7 Å². The number of likely N-dealkylation sites (tertiary alicyclic amines) is 1. The van der Waals surface area contributed by atoms with Crippen molar-refractivity contribution in [3.8, 4) is 0 Å². The summed E-state index contributed by atoms with van der Waals surface area (Å²) >= 11 is 3.57. The monoisotopic (exact) mass is 542 g/mol. The second kappa shape index (κ2) is 9.54. The third-order valence-corrected chi connectivity index (χ3v) is 8.23. The molecule has 6 atom stereocenters. The molecule has 2 bridgehead atoms. The number of carboxylic acid groups (broad SMARTS) is 1. The zero-order chi connectivity index (χ0) is 25.6. The standard InChI is InChI=1S/C25H39BrN2O6/c1-7-10-28(24(5,6)14-23(2,3)4)21(31)19-25-13-15(26)18(34-25)16(22(32)33)17(25)20(30)27(19)11-8-9-12-29/h7,15-19,29H,1,8-14H2,2-6H3,(H,32,33)/t15?,16-,17+,18-,19-,25+/m1/s1. The van der Waals surface area contributed by atoms with Gasteiger partial charge in [-0.25, -0.2) is 0 Å². The molecule has 3 rings (SSSR count). The van der Waals surface area contributed by atoms with Crippen molar-refractivity contribution in [3.63, 3.8) is 0 Å². The fourth-order valence-electron chi connectivity index (χ4n) is 6.63. The number of unbranched alkanes of at least 4 members (excludes halogenated alkanes) is 1. The Morgan fingerprint density at radius 2 is 1.94 bits per heavy atom. The number of halogens is 1. The average molecular weight is 543 g/mol. The number of carbonyl (C=O) groups is 3.